The molecule has 0 unspecified atom stereocenters. The predicted molar refractivity (Wildman–Crippen MR) is 42.3 cm³/mol. The van der Waals surface area contributed by atoms with Crippen LogP contribution in [0.5, 0.6) is 0 Å². The number of allylic oxidation sites excluding steroid dienone is 3. The van der Waals surface area contributed by atoms with E-state index in [9.17, 15) is 0 Å². The predicted octanol–water partition coefficient (Wildman–Crippen LogP) is 2.85. The molecule has 0 amide bonds. The molecule has 0 fully saturated rings. The van der Waals surface area contributed by atoms with Gasteiger partial charge in [-0.25, -0.2) is 0 Å². The molecule has 0 heteroatoms. The molecule has 0 saturated carbocycles. The number of unbranched alkanes of at least 4 members (excludes halogenated alkanes) is 1. The Kier molecular flexibility index (Phi) is 6.22. The van der Waals surface area contributed by atoms with Gasteiger partial charge in [0.1, 0.15) is 0 Å². The van der Waals surface area contributed by atoms with Crippen LogP contribution in [-0.4, -0.2) is 0 Å². The van der Waals surface area contributed by atoms with Crippen LogP contribution in [0.2, 0.25) is 0 Å². The zero-order chi connectivity index (χ0) is 6.95. The summed E-state index contributed by atoms with van der Waals surface area (Å²) in [5.74, 6) is 0. The van der Waals surface area contributed by atoms with E-state index < -0.39 is 0 Å². The summed E-state index contributed by atoms with van der Waals surface area (Å²) in [5, 5.41) is 0. The van der Waals surface area contributed by atoms with E-state index in [0.717, 1.165) is 12.8 Å². The van der Waals surface area contributed by atoms with Crippen molar-refractivity contribution in [1.29, 1.82) is 0 Å². The quantitative estimate of drug-likeness (QED) is 0.231. The van der Waals surface area contributed by atoms with Crippen LogP contribution in [0.1, 0.15) is 12.8 Å². The van der Waals surface area contributed by atoms with Gasteiger partial charge in [-0.15, -0.1) is 12.3 Å². The lowest BCUT2D eigenvalue weighted by atomic mass is 10.3. The van der Waals surface area contributed by atoms with Gasteiger partial charge in [-0.1, -0.05) is 18.7 Å². The molecule has 0 N–H and O–H groups in total. The highest BCUT2D eigenvalue weighted by atomic mass is 13.7. The molecule has 9 heavy (non-hydrogen) atoms. The average molecular weight is 120 g/mol. The Morgan fingerprint density at radius 2 is 2.00 bits per heavy atom. The Bertz CT molecular complexity index is 134. The minimum atomic E-state index is 1.02. The lowest BCUT2D eigenvalue weighted by molar-refractivity contribution is 1.06. The summed E-state index contributed by atoms with van der Waals surface area (Å²) in [6, 6.07) is 0. The van der Waals surface area contributed by atoms with Crippen molar-refractivity contribution in [2.75, 3.05) is 0 Å². The largest absolute Gasteiger partial charge is 0.125 e. The molecule has 0 rings (SSSR count). The highest BCUT2D eigenvalue weighted by molar-refractivity contribution is 4.97. The third-order valence-corrected chi connectivity index (χ3v) is 0.847. The van der Waals surface area contributed by atoms with E-state index in [1.54, 1.807) is 12.2 Å². The van der Waals surface area contributed by atoms with E-state index in [1.165, 1.54) is 0 Å². The standard InChI is InChI=1S/C9H12/c1-3-5-7-9-8-6-4-2/h3-5,9H,1-2,6,8H2. The molecular formula is C9H12. The summed E-state index contributed by atoms with van der Waals surface area (Å²) in [6.45, 7) is 7.12. The Balaban J connectivity index is 3.34. The second kappa shape index (κ2) is 7.00. The van der Waals surface area contributed by atoms with Gasteiger partial charge in [0, 0.05) is 0 Å². The molecule has 0 aliphatic heterocycles. The number of hydrogen-bond acceptors (Lipinski definition) is 0. The van der Waals surface area contributed by atoms with Gasteiger partial charge < -0.3 is 0 Å². The molecule has 0 aromatic heterocycles. The van der Waals surface area contributed by atoms with E-state index in [2.05, 4.69) is 18.9 Å². The molecule has 0 aliphatic carbocycles. The zero-order valence-electron chi connectivity index (χ0n) is 5.64. The van der Waals surface area contributed by atoms with Crippen molar-refractivity contribution >= 4 is 0 Å². The van der Waals surface area contributed by atoms with Crippen molar-refractivity contribution < 1.29 is 0 Å². The van der Waals surface area contributed by atoms with Gasteiger partial charge in [0.2, 0.25) is 0 Å². The highest BCUT2D eigenvalue weighted by Crippen LogP contribution is 1.88. The van der Waals surface area contributed by atoms with Crippen molar-refractivity contribution in [1.82, 2.24) is 0 Å². The first-order chi connectivity index (χ1) is 4.41. The van der Waals surface area contributed by atoms with Crippen molar-refractivity contribution in [3.05, 3.63) is 43.2 Å². The van der Waals surface area contributed by atoms with E-state index in [1.807, 2.05) is 12.2 Å². The van der Waals surface area contributed by atoms with Gasteiger partial charge in [-0.05, 0) is 25.0 Å². The fourth-order valence-corrected chi connectivity index (χ4v) is 0.421. The molecule has 0 heterocycles. The minimum absolute atomic E-state index is 1.02. The van der Waals surface area contributed by atoms with Crippen LogP contribution < -0.4 is 0 Å². The summed E-state index contributed by atoms with van der Waals surface area (Å²) in [6.07, 6.45) is 9.43. The molecule has 0 radical (unpaired) electrons. The van der Waals surface area contributed by atoms with E-state index in [4.69, 9.17) is 0 Å². The second-order valence-corrected chi connectivity index (χ2v) is 1.64. The zero-order valence-corrected chi connectivity index (χ0v) is 5.64. The topological polar surface area (TPSA) is 0 Å². The monoisotopic (exact) mass is 120 g/mol. The Hall–Kier alpha value is -1.00. The molecule has 0 atom stereocenters. The summed E-state index contributed by atoms with van der Waals surface area (Å²) in [4.78, 5) is 0. The first-order valence-corrected chi connectivity index (χ1v) is 3.04. The SMILES string of the molecule is C=CC=C=CCCC=C. The second-order valence-electron chi connectivity index (χ2n) is 1.64. The van der Waals surface area contributed by atoms with Crippen molar-refractivity contribution in [3.8, 4) is 0 Å². The Morgan fingerprint density at radius 1 is 1.22 bits per heavy atom. The third kappa shape index (κ3) is 7.00. The maximum absolute atomic E-state index is 3.60. The summed E-state index contributed by atoms with van der Waals surface area (Å²) >= 11 is 0. The Morgan fingerprint density at radius 3 is 2.56 bits per heavy atom. The van der Waals surface area contributed by atoms with E-state index >= 15 is 0 Å². The number of rotatable bonds is 4. The van der Waals surface area contributed by atoms with Gasteiger partial charge in [0.15, 0.2) is 0 Å². The Labute approximate surface area is 56.9 Å². The van der Waals surface area contributed by atoms with Gasteiger partial charge >= 0.3 is 0 Å². The van der Waals surface area contributed by atoms with Crippen molar-refractivity contribution in [2.45, 2.75) is 12.8 Å². The van der Waals surface area contributed by atoms with Crippen molar-refractivity contribution in [2.24, 2.45) is 0 Å². The van der Waals surface area contributed by atoms with Gasteiger partial charge in [-0.2, -0.15) is 0 Å². The fourth-order valence-electron chi connectivity index (χ4n) is 0.421. The van der Waals surface area contributed by atoms with Crippen LogP contribution in [-0.2, 0) is 0 Å². The van der Waals surface area contributed by atoms with E-state index in [0.29, 0.717) is 0 Å². The molecule has 0 spiro atoms. The average Bonchev–Trinajstić information content (AvgIpc) is 1.89. The maximum atomic E-state index is 3.60. The first-order valence-electron chi connectivity index (χ1n) is 3.04. The number of hydrogen-bond donors (Lipinski definition) is 0. The van der Waals surface area contributed by atoms with Crippen LogP contribution in [0.3, 0.4) is 0 Å². The smallest absolute Gasteiger partial charge is 0.0209 e. The van der Waals surface area contributed by atoms with Crippen LogP contribution in [0, 0.1) is 0 Å². The van der Waals surface area contributed by atoms with Gasteiger partial charge in [0.05, 0.1) is 0 Å². The van der Waals surface area contributed by atoms with E-state index in [-0.39, 0.29) is 0 Å². The summed E-state index contributed by atoms with van der Waals surface area (Å²) in [7, 11) is 0. The summed E-state index contributed by atoms with van der Waals surface area (Å²) in [5.41, 5.74) is 2.95. The molecule has 0 bridgehead atoms. The molecular weight excluding hydrogens is 108 g/mol. The van der Waals surface area contributed by atoms with Gasteiger partial charge in [-0.3, -0.25) is 0 Å². The first kappa shape index (κ1) is 8.00. The van der Waals surface area contributed by atoms with Crippen LogP contribution in [0.4, 0.5) is 0 Å². The molecule has 0 nitrogen and oxygen atoms in total. The van der Waals surface area contributed by atoms with Crippen molar-refractivity contribution in [3.63, 3.8) is 0 Å². The van der Waals surface area contributed by atoms with Crippen LogP contribution in [0.15, 0.2) is 43.2 Å². The lowest BCUT2D eigenvalue weighted by Gasteiger charge is -1.77. The third-order valence-electron chi connectivity index (χ3n) is 0.847. The highest BCUT2D eigenvalue weighted by Gasteiger charge is 1.68. The fraction of sp³-hybridized carbons (Fsp3) is 0.222. The normalized spacial score (nSPS) is 7.11. The molecule has 0 aliphatic rings. The minimum Gasteiger partial charge on any atom is -0.125 e. The summed E-state index contributed by atoms with van der Waals surface area (Å²) < 4.78 is 0. The van der Waals surface area contributed by atoms with Crippen LogP contribution >= 0.6 is 0 Å². The van der Waals surface area contributed by atoms with Gasteiger partial charge in [0.25, 0.3) is 0 Å². The molecule has 0 aromatic rings. The van der Waals surface area contributed by atoms with Crippen LogP contribution in [0.25, 0.3) is 0 Å². The molecule has 0 saturated heterocycles. The molecule has 0 aromatic carbocycles. The molecule has 48 valence electrons. The lowest BCUT2D eigenvalue weighted by Crippen LogP contribution is -1.58. The maximum Gasteiger partial charge on any atom is -0.0209 e.